The molecule has 2 aromatic carbocycles. The van der Waals surface area contributed by atoms with Gasteiger partial charge in [0.25, 0.3) is 5.91 Å². The molecule has 5 nitrogen and oxygen atoms in total. The van der Waals surface area contributed by atoms with E-state index in [1.54, 1.807) is 0 Å². The highest BCUT2D eigenvalue weighted by Crippen LogP contribution is 2.24. The summed E-state index contributed by atoms with van der Waals surface area (Å²) in [4.78, 5) is 14.9. The first kappa shape index (κ1) is 25.1. The Morgan fingerprint density at radius 2 is 1.80 bits per heavy atom. The number of nitriles is 1. The fraction of sp³-hybridized carbons (Fsp3) is 0.333. The maximum atomic E-state index is 12.6. The second-order valence-electron chi connectivity index (χ2n) is 6.90. The normalized spacial score (nSPS) is 10.6. The molecule has 0 atom stereocenters. The van der Waals surface area contributed by atoms with Crippen molar-refractivity contribution in [3.05, 3.63) is 64.9 Å². The van der Waals surface area contributed by atoms with E-state index in [9.17, 15) is 10.1 Å². The number of rotatable bonds is 8. The van der Waals surface area contributed by atoms with Crippen molar-refractivity contribution in [1.29, 1.82) is 5.26 Å². The van der Waals surface area contributed by atoms with Gasteiger partial charge in [-0.2, -0.15) is 5.26 Å². The maximum Gasteiger partial charge on any atom is 0.267 e. The van der Waals surface area contributed by atoms with E-state index in [1.165, 1.54) is 6.20 Å². The van der Waals surface area contributed by atoms with Gasteiger partial charge in [0, 0.05) is 36.4 Å². The lowest BCUT2D eigenvalue weighted by Crippen LogP contribution is -3.00. The summed E-state index contributed by atoms with van der Waals surface area (Å²) in [6.45, 7) is 12.1. The van der Waals surface area contributed by atoms with E-state index >= 15 is 0 Å². The Balaban J connectivity index is 0.00000450. The lowest BCUT2D eigenvalue weighted by atomic mass is 10.1. The number of carbonyl (C=O) groups excluding carboxylic acids is 1. The summed E-state index contributed by atoms with van der Waals surface area (Å²) < 4.78 is 0. The SMILES string of the molecule is CCc1cccc(C)c1NC(=O)/C(C#N)=C\Nc1ccc(N(CC)CC)cc1C.[Cl-]. The van der Waals surface area contributed by atoms with Crippen LogP contribution in [0.2, 0.25) is 0 Å². The third-order valence-corrected chi connectivity index (χ3v) is 5.05. The van der Waals surface area contributed by atoms with Gasteiger partial charge in [0.05, 0.1) is 0 Å². The van der Waals surface area contributed by atoms with E-state index < -0.39 is 5.91 Å². The third-order valence-electron chi connectivity index (χ3n) is 5.05. The van der Waals surface area contributed by atoms with Gasteiger partial charge in [-0.15, -0.1) is 0 Å². The lowest BCUT2D eigenvalue weighted by molar-refractivity contribution is -0.112. The standard InChI is InChI=1S/C24H30N4O.ClH/c1-6-19-11-9-10-17(4)23(19)27-24(29)20(15-25)16-26-22-13-12-21(14-18(22)5)28(7-2)8-3;/h9-14,16,26H,6-8H2,1-5H3,(H,27,29);1H/p-1/b20-16-;. The Morgan fingerprint density at radius 1 is 1.10 bits per heavy atom. The van der Waals surface area contributed by atoms with Gasteiger partial charge in [0.1, 0.15) is 11.6 Å². The van der Waals surface area contributed by atoms with Crippen LogP contribution in [0.5, 0.6) is 0 Å². The number of nitrogens with one attached hydrogen (secondary N) is 2. The summed E-state index contributed by atoms with van der Waals surface area (Å²) in [6, 6.07) is 14.0. The Morgan fingerprint density at radius 3 is 2.37 bits per heavy atom. The predicted octanol–water partition coefficient (Wildman–Crippen LogP) is 2.17. The number of aryl methyl sites for hydroxylation is 3. The van der Waals surface area contributed by atoms with Gasteiger partial charge in [0.2, 0.25) is 0 Å². The number of nitrogens with zero attached hydrogens (tertiary/aromatic N) is 2. The molecule has 0 bridgehead atoms. The molecule has 2 aromatic rings. The van der Waals surface area contributed by atoms with Crippen LogP contribution >= 0.6 is 0 Å². The maximum absolute atomic E-state index is 12.6. The molecule has 6 heteroatoms. The smallest absolute Gasteiger partial charge is 0.267 e. The Labute approximate surface area is 186 Å². The average molecular weight is 426 g/mol. The van der Waals surface area contributed by atoms with Crippen molar-refractivity contribution in [2.45, 2.75) is 41.0 Å². The zero-order valence-electron chi connectivity index (χ0n) is 18.3. The average Bonchev–Trinajstić information content (AvgIpc) is 2.72. The van der Waals surface area contributed by atoms with Crippen LogP contribution in [0.1, 0.15) is 37.5 Å². The van der Waals surface area contributed by atoms with Gasteiger partial charge in [-0.25, -0.2) is 0 Å². The highest BCUT2D eigenvalue weighted by Gasteiger charge is 2.13. The molecule has 160 valence electrons. The Bertz CT molecular complexity index is 943. The van der Waals surface area contributed by atoms with Gasteiger partial charge >= 0.3 is 0 Å². The number of hydrogen-bond donors (Lipinski definition) is 2. The zero-order chi connectivity index (χ0) is 21.4. The number of anilines is 3. The van der Waals surface area contributed by atoms with Crippen molar-refractivity contribution in [3.63, 3.8) is 0 Å². The minimum Gasteiger partial charge on any atom is -1.00 e. The molecule has 0 aliphatic carbocycles. The van der Waals surface area contributed by atoms with E-state index in [4.69, 9.17) is 0 Å². The molecule has 30 heavy (non-hydrogen) atoms. The number of hydrogen-bond acceptors (Lipinski definition) is 4. The molecule has 2 N–H and O–H groups in total. The molecule has 2 rings (SSSR count). The number of para-hydroxylation sites is 1. The van der Waals surface area contributed by atoms with Crippen LogP contribution in [-0.4, -0.2) is 19.0 Å². The van der Waals surface area contributed by atoms with E-state index in [0.717, 1.165) is 53.3 Å². The summed E-state index contributed by atoms with van der Waals surface area (Å²) in [5.74, 6) is -0.415. The monoisotopic (exact) mass is 425 g/mol. The second-order valence-corrected chi connectivity index (χ2v) is 6.90. The third kappa shape index (κ3) is 6.01. The molecule has 0 fully saturated rings. The first-order valence-corrected chi connectivity index (χ1v) is 10.1. The van der Waals surface area contributed by atoms with Crippen LogP contribution in [0.4, 0.5) is 17.1 Å². The molecule has 0 heterocycles. The quantitative estimate of drug-likeness (QED) is 0.502. The van der Waals surface area contributed by atoms with Crippen LogP contribution in [0, 0.1) is 25.2 Å². The van der Waals surface area contributed by atoms with Crippen LogP contribution in [0.15, 0.2) is 48.2 Å². The molecule has 0 unspecified atom stereocenters. The molecule has 0 radical (unpaired) electrons. The van der Waals surface area contributed by atoms with E-state index in [0.29, 0.717) is 0 Å². The van der Waals surface area contributed by atoms with E-state index in [2.05, 4.69) is 35.4 Å². The molecule has 0 aliphatic rings. The number of benzene rings is 2. The summed E-state index contributed by atoms with van der Waals surface area (Å²) >= 11 is 0. The van der Waals surface area contributed by atoms with E-state index in [1.807, 2.05) is 57.2 Å². The van der Waals surface area contributed by atoms with Gasteiger partial charge in [-0.1, -0.05) is 25.1 Å². The fourth-order valence-corrected chi connectivity index (χ4v) is 3.28. The van der Waals surface area contributed by atoms with Gasteiger partial charge in [0.15, 0.2) is 0 Å². The predicted molar refractivity (Wildman–Crippen MR) is 121 cm³/mol. The lowest BCUT2D eigenvalue weighted by Gasteiger charge is -2.22. The molecule has 0 saturated heterocycles. The van der Waals surface area contributed by atoms with Crippen molar-refractivity contribution in [2.24, 2.45) is 0 Å². The van der Waals surface area contributed by atoms with Crippen molar-refractivity contribution in [1.82, 2.24) is 0 Å². The van der Waals surface area contributed by atoms with Gasteiger partial charge in [-0.3, -0.25) is 4.79 Å². The highest BCUT2D eigenvalue weighted by molar-refractivity contribution is 6.07. The Hall–Kier alpha value is -2.97. The molecular weight excluding hydrogens is 396 g/mol. The molecular formula is C24H30ClN4O-. The van der Waals surface area contributed by atoms with Crippen LogP contribution in [-0.2, 0) is 11.2 Å². The van der Waals surface area contributed by atoms with Crippen molar-refractivity contribution >= 4 is 23.0 Å². The van der Waals surface area contributed by atoms with Crippen molar-refractivity contribution in [3.8, 4) is 6.07 Å². The van der Waals surface area contributed by atoms with Gasteiger partial charge < -0.3 is 27.9 Å². The first-order valence-electron chi connectivity index (χ1n) is 10.1. The first-order chi connectivity index (χ1) is 13.9. The van der Waals surface area contributed by atoms with Crippen LogP contribution in [0.25, 0.3) is 0 Å². The van der Waals surface area contributed by atoms with Crippen LogP contribution < -0.4 is 27.9 Å². The molecule has 0 aliphatic heterocycles. The topological polar surface area (TPSA) is 68.2 Å². The zero-order valence-corrected chi connectivity index (χ0v) is 19.1. The number of halogens is 1. The molecule has 0 aromatic heterocycles. The summed E-state index contributed by atoms with van der Waals surface area (Å²) in [7, 11) is 0. The van der Waals surface area contributed by atoms with Crippen molar-refractivity contribution in [2.75, 3.05) is 28.6 Å². The summed E-state index contributed by atoms with van der Waals surface area (Å²) in [5, 5.41) is 15.5. The number of carbonyl (C=O) groups is 1. The largest absolute Gasteiger partial charge is 1.00 e. The van der Waals surface area contributed by atoms with E-state index in [-0.39, 0.29) is 18.0 Å². The van der Waals surface area contributed by atoms with Crippen LogP contribution in [0.3, 0.4) is 0 Å². The number of amides is 1. The van der Waals surface area contributed by atoms with Gasteiger partial charge in [-0.05, 0) is 69.0 Å². The summed E-state index contributed by atoms with van der Waals surface area (Å²) in [5.41, 5.74) is 5.91. The fourth-order valence-electron chi connectivity index (χ4n) is 3.28. The highest BCUT2D eigenvalue weighted by atomic mass is 35.5. The minimum atomic E-state index is -0.415. The molecule has 0 spiro atoms. The molecule has 1 amide bonds. The summed E-state index contributed by atoms with van der Waals surface area (Å²) in [6.07, 6.45) is 2.28. The minimum absolute atomic E-state index is 0. The Kier molecular flexibility index (Phi) is 9.94. The van der Waals surface area contributed by atoms with Crippen molar-refractivity contribution < 1.29 is 17.2 Å². The second kappa shape index (κ2) is 11.9. The molecule has 0 saturated carbocycles.